The monoisotopic (exact) mass is 286 g/mol. The molecule has 0 unspecified atom stereocenters. The number of fused-ring (bicyclic) bond motifs is 3. The third-order valence-corrected chi connectivity index (χ3v) is 5.75. The maximum absolute atomic E-state index is 11.3. The molecular weight excluding hydrogens is 264 g/mol. The Balaban J connectivity index is 1.76. The lowest BCUT2D eigenvalue weighted by Gasteiger charge is -2.35. The van der Waals surface area contributed by atoms with Gasteiger partial charge in [0.05, 0.1) is 5.92 Å². The van der Waals surface area contributed by atoms with Crippen molar-refractivity contribution >= 4 is 11.7 Å². The zero-order chi connectivity index (χ0) is 15.2. The van der Waals surface area contributed by atoms with Crippen LogP contribution in [0.15, 0.2) is 11.2 Å². The van der Waals surface area contributed by atoms with Crippen molar-refractivity contribution in [2.45, 2.75) is 46.8 Å². The van der Waals surface area contributed by atoms with Crippen LogP contribution in [0.2, 0.25) is 0 Å². The highest BCUT2D eigenvalue weighted by atomic mass is 16.3. The lowest BCUT2D eigenvalue weighted by atomic mass is 9.84. The van der Waals surface area contributed by atoms with E-state index in [1.54, 1.807) is 5.01 Å². The molecule has 0 amide bonds. The molecule has 2 aliphatic carbocycles. The minimum absolute atomic E-state index is 0.113. The van der Waals surface area contributed by atoms with E-state index in [-0.39, 0.29) is 5.92 Å². The Morgan fingerprint density at radius 3 is 2.43 bits per heavy atom. The molecule has 1 aliphatic heterocycles. The number of rotatable bonds is 1. The first kappa shape index (κ1) is 13.2. The number of anilines is 1. The predicted octanol–water partition coefficient (Wildman–Crippen LogP) is 2.27. The third kappa shape index (κ3) is 1.53. The average Bonchev–Trinajstić information content (AvgIpc) is 2.69. The molecule has 0 aromatic carbocycles. The van der Waals surface area contributed by atoms with E-state index in [2.05, 4.69) is 28.9 Å². The first-order valence-corrected chi connectivity index (χ1v) is 7.65. The van der Waals surface area contributed by atoms with Gasteiger partial charge in [0.2, 0.25) is 5.95 Å². The molecule has 1 aromatic rings. The van der Waals surface area contributed by atoms with Gasteiger partial charge in [-0.05, 0) is 44.1 Å². The Bertz CT molecular complexity index is 648. The number of aryl methyl sites for hydroxylation is 2. The number of aromatic nitrogens is 2. The van der Waals surface area contributed by atoms with Crippen LogP contribution in [-0.2, 0) is 0 Å². The molecule has 2 fully saturated rings. The summed E-state index contributed by atoms with van der Waals surface area (Å²) < 4.78 is 0. The Morgan fingerprint density at radius 2 is 1.81 bits per heavy atom. The molecule has 4 atom stereocenters. The van der Waals surface area contributed by atoms with Crippen molar-refractivity contribution in [1.29, 1.82) is 0 Å². The van der Waals surface area contributed by atoms with Gasteiger partial charge in [-0.25, -0.2) is 9.97 Å². The number of aliphatic hydroxyl groups is 1. The number of hydrogen-bond donors (Lipinski definition) is 1. The normalized spacial score (nSPS) is 39.0. The number of hydrazone groups is 1. The van der Waals surface area contributed by atoms with Crippen molar-refractivity contribution in [3.05, 3.63) is 17.5 Å². The Morgan fingerprint density at radius 1 is 1.19 bits per heavy atom. The molecule has 1 N–H and O–H groups in total. The average molecular weight is 286 g/mol. The van der Waals surface area contributed by atoms with E-state index in [0.717, 1.165) is 23.5 Å². The van der Waals surface area contributed by atoms with Gasteiger partial charge in [0.15, 0.2) is 5.72 Å². The zero-order valence-electron chi connectivity index (χ0n) is 13.3. The van der Waals surface area contributed by atoms with Gasteiger partial charge in [0.1, 0.15) is 0 Å². The van der Waals surface area contributed by atoms with E-state index in [0.29, 0.717) is 23.2 Å². The van der Waals surface area contributed by atoms with Crippen molar-refractivity contribution in [3.8, 4) is 0 Å². The van der Waals surface area contributed by atoms with Crippen LogP contribution in [0.25, 0.3) is 0 Å². The van der Waals surface area contributed by atoms with Crippen molar-refractivity contribution < 1.29 is 5.11 Å². The second-order valence-electron chi connectivity index (χ2n) is 7.52. The Labute approximate surface area is 125 Å². The molecule has 0 spiro atoms. The van der Waals surface area contributed by atoms with Gasteiger partial charge in [-0.2, -0.15) is 10.1 Å². The van der Waals surface area contributed by atoms with Crippen LogP contribution in [-0.4, -0.2) is 26.5 Å². The van der Waals surface area contributed by atoms with Gasteiger partial charge >= 0.3 is 0 Å². The molecule has 5 heteroatoms. The van der Waals surface area contributed by atoms with Gasteiger partial charge in [-0.15, -0.1) is 0 Å². The van der Waals surface area contributed by atoms with Crippen molar-refractivity contribution in [3.63, 3.8) is 0 Å². The fraction of sp³-hybridized carbons (Fsp3) is 0.688. The number of nitrogens with zero attached hydrogens (tertiary/aromatic N) is 4. The summed E-state index contributed by atoms with van der Waals surface area (Å²) in [6.07, 6.45) is 0.756. The van der Waals surface area contributed by atoms with E-state index >= 15 is 0 Å². The maximum atomic E-state index is 11.3. The standard InChI is InChI=1S/C16H22N4O/c1-8-6-9(2)18-14(17-8)20-16(21)7-11-13(15(11,4)5)12(16)10(3)19-20/h6,11-13,21H,7H2,1-5H3/t11-,12+,13-,16-/m0/s1. The first-order chi connectivity index (χ1) is 9.75. The molecule has 0 radical (unpaired) electrons. The summed E-state index contributed by atoms with van der Waals surface area (Å²) in [5.41, 5.74) is 2.21. The van der Waals surface area contributed by atoms with Crippen LogP contribution >= 0.6 is 0 Å². The van der Waals surface area contributed by atoms with E-state index in [1.807, 2.05) is 26.8 Å². The van der Waals surface area contributed by atoms with Crippen molar-refractivity contribution in [2.24, 2.45) is 28.3 Å². The van der Waals surface area contributed by atoms with Crippen LogP contribution in [0, 0.1) is 37.0 Å². The van der Waals surface area contributed by atoms with Gasteiger partial charge in [0.25, 0.3) is 0 Å². The van der Waals surface area contributed by atoms with Gasteiger partial charge in [-0.1, -0.05) is 13.8 Å². The SMILES string of the molecule is CC1=NN(c2nc(C)cc(C)n2)[C@]2(O)C[C@H]3[C@@H]([C@@H]12)C3(C)C. The fourth-order valence-corrected chi connectivity index (χ4v) is 4.72. The largest absolute Gasteiger partial charge is 0.368 e. The molecular formula is C16H22N4O. The van der Waals surface area contributed by atoms with Crippen LogP contribution in [0.3, 0.4) is 0 Å². The maximum Gasteiger partial charge on any atom is 0.249 e. The molecule has 0 saturated heterocycles. The van der Waals surface area contributed by atoms with Crippen LogP contribution in [0.4, 0.5) is 5.95 Å². The summed E-state index contributed by atoms with van der Waals surface area (Å²) >= 11 is 0. The highest BCUT2D eigenvalue weighted by Crippen LogP contribution is 2.73. The van der Waals surface area contributed by atoms with Gasteiger partial charge in [-0.3, -0.25) is 0 Å². The molecule has 0 bridgehead atoms. The van der Waals surface area contributed by atoms with E-state index < -0.39 is 5.72 Å². The highest BCUT2D eigenvalue weighted by Gasteiger charge is 2.75. The molecule has 2 heterocycles. The Kier molecular flexibility index (Phi) is 2.28. The quantitative estimate of drug-likeness (QED) is 0.860. The lowest BCUT2D eigenvalue weighted by Crippen LogP contribution is -2.49. The smallest absolute Gasteiger partial charge is 0.249 e. The molecule has 3 aliphatic rings. The summed E-state index contributed by atoms with van der Waals surface area (Å²) in [6, 6.07) is 1.94. The van der Waals surface area contributed by atoms with E-state index in [4.69, 9.17) is 0 Å². The van der Waals surface area contributed by atoms with Gasteiger partial charge < -0.3 is 5.11 Å². The van der Waals surface area contributed by atoms with Crippen molar-refractivity contribution in [2.75, 3.05) is 5.01 Å². The predicted molar refractivity (Wildman–Crippen MR) is 80.9 cm³/mol. The highest BCUT2D eigenvalue weighted by molar-refractivity contribution is 5.90. The van der Waals surface area contributed by atoms with Crippen LogP contribution < -0.4 is 5.01 Å². The van der Waals surface area contributed by atoms with E-state index in [1.165, 1.54) is 0 Å². The minimum Gasteiger partial charge on any atom is -0.368 e. The summed E-state index contributed by atoms with van der Waals surface area (Å²) in [5, 5.41) is 17.6. The van der Waals surface area contributed by atoms with Crippen LogP contribution in [0.5, 0.6) is 0 Å². The molecule has 5 nitrogen and oxygen atoms in total. The number of hydrogen-bond acceptors (Lipinski definition) is 5. The van der Waals surface area contributed by atoms with Gasteiger partial charge in [0, 0.05) is 23.5 Å². The summed E-state index contributed by atoms with van der Waals surface area (Å²) in [7, 11) is 0. The molecule has 2 saturated carbocycles. The lowest BCUT2D eigenvalue weighted by molar-refractivity contribution is 0.00554. The van der Waals surface area contributed by atoms with Crippen molar-refractivity contribution in [1.82, 2.24) is 9.97 Å². The minimum atomic E-state index is -0.935. The zero-order valence-corrected chi connectivity index (χ0v) is 13.3. The first-order valence-electron chi connectivity index (χ1n) is 7.65. The van der Waals surface area contributed by atoms with Crippen LogP contribution in [0.1, 0.15) is 38.6 Å². The topological polar surface area (TPSA) is 61.6 Å². The summed E-state index contributed by atoms with van der Waals surface area (Å²) in [4.78, 5) is 8.96. The fourth-order valence-electron chi connectivity index (χ4n) is 4.72. The molecule has 1 aromatic heterocycles. The second kappa shape index (κ2) is 3.64. The third-order valence-electron chi connectivity index (χ3n) is 5.75. The second-order valence-corrected chi connectivity index (χ2v) is 7.52. The van der Waals surface area contributed by atoms with E-state index in [9.17, 15) is 5.11 Å². The summed E-state index contributed by atoms with van der Waals surface area (Å²) in [6.45, 7) is 10.5. The summed E-state index contributed by atoms with van der Waals surface area (Å²) in [5.74, 6) is 1.74. The molecule has 112 valence electrons. The Hall–Kier alpha value is -1.49. The molecule has 4 rings (SSSR count). The molecule has 21 heavy (non-hydrogen) atoms.